The van der Waals surface area contributed by atoms with E-state index in [9.17, 15) is 18.0 Å². The van der Waals surface area contributed by atoms with Crippen LogP contribution < -0.4 is 4.74 Å². The summed E-state index contributed by atoms with van der Waals surface area (Å²) in [5.41, 5.74) is -0.126. The molecular weight excluding hydrogens is 257 g/mol. The van der Waals surface area contributed by atoms with E-state index in [1.165, 1.54) is 24.3 Å². The molecule has 0 saturated carbocycles. The van der Waals surface area contributed by atoms with Crippen LogP contribution in [0.15, 0.2) is 30.3 Å². The molecular formula is C14H9F3O2. The molecule has 0 atom stereocenters. The van der Waals surface area contributed by atoms with E-state index in [1.54, 1.807) is 0 Å². The van der Waals surface area contributed by atoms with Crippen LogP contribution in [-0.4, -0.2) is 6.29 Å². The maximum atomic E-state index is 13.7. The number of hydrogen-bond donors (Lipinski definition) is 0. The van der Waals surface area contributed by atoms with Crippen LogP contribution >= 0.6 is 0 Å². The minimum absolute atomic E-state index is 0.161. The standard InChI is InChI=1S/C14H9F3O2/c1-8-13(16)11(15)6-12(14(8)17)19-10-4-2-3-9(5-10)7-18/h2-7H,1H3. The summed E-state index contributed by atoms with van der Waals surface area (Å²) in [5, 5.41) is 0. The molecule has 2 aromatic carbocycles. The van der Waals surface area contributed by atoms with Crippen LogP contribution in [0.2, 0.25) is 0 Å². The van der Waals surface area contributed by atoms with Gasteiger partial charge in [0.05, 0.1) is 0 Å². The topological polar surface area (TPSA) is 26.3 Å². The van der Waals surface area contributed by atoms with Crippen molar-refractivity contribution >= 4 is 6.29 Å². The van der Waals surface area contributed by atoms with Crippen molar-refractivity contribution in [2.24, 2.45) is 0 Å². The summed E-state index contributed by atoms with van der Waals surface area (Å²) in [7, 11) is 0. The number of aldehydes is 1. The molecule has 0 bridgehead atoms. The average molecular weight is 266 g/mol. The van der Waals surface area contributed by atoms with Gasteiger partial charge in [0.15, 0.2) is 23.2 Å². The number of benzene rings is 2. The lowest BCUT2D eigenvalue weighted by Crippen LogP contribution is -1.98. The summed E-state index contributed by atoms with van der Waals surface area (Å²) in [6, 6.07) is 6.54. The Bertz CT molecular complexity index is 639. The highest BCUT2D eigenvalue weighted by Crippen LogP contribution is 2.29. The quantitative estimate of drug-likeness (QED) is 0.619. The van der Waals surface area contributed by atoms with E-state index in [-0.39, 0.29) is 5.75 Å². The van der Waals surface area contributed by atoms with Crippen molar-refractivity contribution in [2.75, 3.05) is 0 Å². The maximum Gasteiger partial charge on any atom is 0.171 e. The molecule has 0 aliphatic heterocycles. The van der Waals surface area contributed by atoms with Gasteiger partial charge in [-0.3, -0.25) is 4.79 Å². The second-order valence-corrected chi connectivity index (χ2v) is 3.90. The predicted octanol–water partition coefficient (Wildman–Crippen LogP) is 4.02. The molecule has 0 N–H and O–H groups in total. The first-order valence-electron chi connectivity index (χ1n) is 5.40. The highest BCUT2D eigenvalue weighted by atomic mass is 19.2. The summed E-state index contributed by atoms with van der Waals surface area (Å²) in [4.78, 5) is 10.6. The van der Waals surface area contributed by atoms with E-state index in [4.69, 9.17) is 4.74 Å². The van der Waals surface area contributed by atoms with Crippen LogP contribution in [0.3, 0.4) is 0 Å². The SMILES string of the molecule is Cc1c(F)c(F)cc(Oc2cccc(C=O)c2)c1F. The third kappa shape index (κ3) is 2.59. The first kappa shape index (κ1) is 13.1. The minimum Gasteiger partial charge on any atom is -0.454 e. The van der Waals surface area contributed by atoms with Crippen molar-refractivity contribution in [3.8, 4) is 11.5 Å². The molecule has 0 aromatic heterocycles. The Balaban J connectivity index is 2.40. The van der Waals surface area contributed by atoms with Gasteiger partial charge in [-0.25, -0.2) is 13.2 Å². The summed E-state index contributed by atoms with van der Waals surface area (Å²) >= 11 is 0. The van der Waals surface area contributed by atoms with Gasteiger partial charge in [0.2, 0.25) is 0 Å². The van der Waals surface area contributed by atoms with Gasteiger partial charge < -0.3 is 4.74 Å². The lowest BCUT2D eigenvalue weighted by Gasteiger charge is -2.09. The van der Waals surface area contributed by atoms with Crippen LogP contribution in [-0.2, 0) is 0 Å². The van der Waals surface area contributed by atoms with E-state index >= 15 is 0 Å². The van der Waals surface area contributed by atoms with Crippen molar-refractivity contribution in [2.45, 2.75) is 6.92 Å². The highest BCUT2D eigenvalue weighted by molar-refractivity contribution is 5.75. The molecule has 0 amide bonds. The van der Waals surface area contributed by atoms with Gasteiger partial charge in [0, 0.05) is 17.2 Å². The number of rotatable bonds is 3. The summed E-state index contributed by atoms with van der Waals surface area (Å²) < 4.78 is 45.1. The second kappa shape index (κ2) is 5.14. The normalized spacial score (nSPS) is 10.3. The van der Waals surface area contributed by atoms with Crippen molar-refractivity contribution < 1.29 is 22.7 Å². The third-order valence-electron chi connectivity index (χ3n) is 2.56. The van der Waals surface area contributed by atoms with Crippen LogP contribution in [0.4, 0.5) is 13.2 Å². The van der Waals surface area contributed by atoms with E-state index in [0.29, 0.717) is 17.9 Å². The number of ether oxygens (including phenoxy) is 1. The van der Waals surface area contributed by atoms with Gasteiger partial charge in [-0.15, -0.1) is 0 Å². The Kier molecular flexibility index (Phi) is 3.55. The zero-order chi connectivity index (χ0) is 14.0. The smallest absolute Gasteiger partial charge is 0.171 e. The van der Waals surface area contributed by atoms with Gasteiger partial charge in [0.25, 0.3) is 0 Å². The number of halogens is 3. The van der Waals surface area contributed by atoms with Crippen LogP contribution in [0.5, 0.6) is 11.5 Å². The fraction of sp³-hybridized carbons (Fsp3) is 0.0714. The molecule has 19 heavy (non-hydrogen) atoms. The lowest BCUT2D eigenvalue weighted by atomic mass is 10.2. The van der Waals surface area contributed by atoms with Gasteiger partial charge in [0.1, 0.15) is 12.0 Å². The highest BCUT2D eigenvalue weighted by Gasteiger charge is 2.17. The molecule has 2 rings (SSSR count). The molecule has 0 aliphatic rings. The van der Waals surface area contributed by atoms with Crippen molar-refractivity contribution in [1.82, 2.24) is 0 Å². The predicted molar refractivity (Wildman–Crippen MR) is 63.0 cm³/mol. The molecule has 0 spiro atoms. The molecule has 0 aliphatic carbocycles. The first-order valence-corrected chi connectivity index (χ1v) is 5.40. The molecule has 0 fully saturated rings. The zero-order valence-corrected chi connectivity index (χ0v) is 9.91. The number of carbonyl (C=O) groups excluding carboxylic acids is 1. The summed E-state index contributed by atoms with van der Waals surface area (Å²) in [5.74, 6) is -3.68. The van der Waals surface area contributed by atoms with Crippen molar-refractivity contribution in [3.63, 3.8) is 0 Å². The van der Waals surface area contributed by atoms with E-state index in [0.717, 1.165) is 6.92 Å². The molecule has 0 saturated heterocycles. The van der Waals surface area contributed by atoms with E-state index in [1.807, 2.05) is 0 Å². The third-order valence-corrected chi connectivity index (χ3v) is 2.56. The van der Waals surface area contributed by atoms with Crippen molar-refractivity contribution in [3.05, 3.63) is 58.9 Å². The molecule has 5 heteroatoms. The summed E-state index contributed by atoms with van der Waals surface area (Å²) in [6.07, 6.45) is 0.597. The largest absolute Gasteiger partial charge is 0.454 e. The Morgan fingerprint density at radius 1 is 1.11 bits per heavy atom. The summed E-state index contributed by atoms with van der Waals surface area (Å²) in [6.45, 7) is 1.11. The van der Waals surface area contributed by atoms with Crippen LogP contribution in [0.25, 0.3) is 0 Å². The Morgan fingerprint density at radius 2 is 1.84 bits per heavy atom. The first-order chi connectivity index (χ1) is 9.02. The molecule has 0 unspecified atom stereocenters. The molecule has 2 nitrogen and oxygen atoms in total. The second-order valence-electron chi connectivity index (χ2n) is 3.90. The Labute approximate surface area is 107 Å². The van der Waals surface area contributed by atoms with Crippen LogP contribution in [0.1, 0.15) is 15.9 Å². The van der Waals surface area contributed by atoms with Gasteiger partial charge in [-0.2, -0.15) is 0 Å². The molecule has 0 radical (unpaired) electrons. The monoisotopic (exact) mass is 266 g/mol. The Hall–Kier alpha value is -2.30. The minimum atomic E-state index is -1.24. The number of hydrogen-bond acceptors (Lipinski definition) is 2. The fourth-order valence-electron chi connectivity index (χ4n) is 1.55. The molecule has 2 aromatic rings. The number of carbonyl (C=O) groups is 1. The van der Waals surface area contributed by atoms with Gasteiger partial charge >= 0.3 is 0 Å². The van der Waals surface area contributed by atoms with Crippen molar-refractivity contribution in [1.29, 1.82) is 0 Å². The molecule has 98 valence electrons. The lowest BCUT2D eigenvalue weighted by molar-refractivity contribution is 0.112. The average Bonchev–Trinajstić information content (AvgIpc) is 2.42. The fourth-order valence-corrected chi connectivity index (χ4v) is 1.55. The molecule has 0 heterocycles. The van der Waals surface area contributed by atoms with Gasteiger partial charge in [-0.05, 0) is 19.1 Å². The zero-order valence-electron chi connectivity index (χ0n) is 9.91. The van der Waals surface area contributed by atoms with E-state index in [2.05, 4.69) is 0 Å². The van der Waals surface area contributed by atoms with Crippen LogP contribution in [0, 0.1) is 24.4 Å². The van der Waals surface area contributed by atoms with E-state index < -0.39 is 28.8 Å². The van der Waals surface area contributed by atoms with Gasteiger partial charge in [-0.1, -0.05) is 12.1 Å². The Morgan fingerprint density at radius 3 is 2.53 bits per heavy atom. The maximum absolute atomic E-state index is 13.7.